The maximum atomic E-state index is 13.4. The van der Waals surface area contributed by atoms with Crippen molar-refractivity contribution in [3.8, 4) is 28.6 Å². The van der Waals surface area contributed by atoms with Crippen molar-refractivity contribution in [1.82, 2.24) is 14.7 Å². The van der Waals surface area contributed by atoms with E-state index in [1.54, 1.807) is 49.2 Å². The lowest BCUT2D eigenvalue weighted by molar-refractivity contribution is 0.0787. The van der Waals surface area contributed by atoms with E-state index in [4.69, 9.17) is 13.9 Å². The van der Waals surface area contributed by atoms with Gasteiger partial charge in [-0.15, -0.1) is 0 Å². The van der Waals surface area contributed by atoms with Gasteiger partial charge in [0.15, 0.2) is 17.3 Å². The van der Waals surface area contributed by atoms with E-state index >= 15 is 0 Å². The van der Waals surface area contributed by atoms with Crippen LogP contribution < -0.4 is 9.47 Å². The molecule has 0 saturated carbocycles. The number of amides is 1. The molecule has 0 aliphatic heterocycles. The molecule has 0 unspecified atom stereocenters. The third-order valence-corrected chi connectivity index (χ3v) is 5.48. The summed E-state index contributed by atoms with van der Waals surface area (Å²) in [6, 6.07) is 19.1. The summed E-state index contributed by atoms with van der Waals surface area (Å²) in [7, 11) is 5.02. The average molecular weight is 446 g/mol. The van der Waals surface area contributed by atoms with Crippen molar-refractivity contribution < 1.29 is 18.7 Å². The van der Waals surface area contributed by atoms with Gasteiger partial charge in [-0.1, -0.05) is 18.2 Å². The van der Waals surface area contributed by atoms with Crippen LogP contribution >= 0.6 is 0 Å². The van der Waals surface area contributed by atoms with Gasteiger partial charge in [0.2, 0.25) is 0 Å². The molecule has 0 bridgehead atoms. The van der Waals surface area contributed by atoms with Gasteiger partial charge in [0.05, 0.1) is 26.2 Å². The van der Waals surface area contributed by atoms with E-state index in [0.29, 0.717) is 41.6 Å². The first-order valence-corrected chi connectivity index (χ1v) is 10.7. The Bertz CT molecular complexity index is 1240. The van der Waals surface area contributed by atoms with Crippen LogP contribution in [0, 0.1) is 6.92 Å². The summed E-state index contributed by atoms with van der Waals surface area (Å²) in [4.78, 5) is 15.1. The van der Waals surface area contributed by atoms with E-state index in [9.17, 15) is 4.79 Å². The summed E-state index contributed by atoms with van der Waals surface area (Å²) in [6.45, 7) is 2.54. The van der Waals surface area contributed by atoms with Crippen molar-refractivity contribution in [1.29, 1.82) is 0 Å². The molecule has 0 aliphatic carbocycles. The van der Waals surface area contributed by atoms with E-state index < -0.39 is 0 Å². The highest BCUT2D eigenvalue weighted by atomic mass is 16.5. The van der Waals surface area contributed by atoms with Crippen molar-refractivity contribution >= 4 is 5.91 Å². The highest BCUT2D eigenvalue weighted by molar-refractivity contribution is 5.94. The number of rotatable bonds is 8. The lowest BCUT2D eigenvalue weighted by Crippen LogP contribution is -2.30. The molecule has 0 spiro atoms. The predicted molar refractivity (Wildman–Crippen MR) is 126 cm³/mol. The Morgan fingerprint density at radius 2 is 1.85 bits per heavy atom. The molecule has 0 fully saturated rings. The molecule has 1 amide bonds. The maximum absolute atomic E-state index is 13.4. The Morgan fingerprint density at radius 3 is 2.55 bits per heavy atom. The minimum absolute atomic E-state index is 0.123. The fraction of sp³-hybridized carbons (Fsp3) is 0.231. The van der Waals surface area contributed by atoms with Crippen LogP contribution in [0.25, 0.3) is 17.1 Å². The number of carbonyl (C=O) groups excluding carboxylic acids is 1. The van der Waals surface area contributed by atoms with Crippen LogP contribution in [0.2, 0.25) is 0 Å². The summed E-state index contributed by atoms with van der Waals surface area (Å²) >= 11 is 0. The minimum atomic E-state index is -0.123. The monoisotopic (exact) mass is 445 g/mol. The molecule has 170 valence electrons. The number of aryl methyl sites for hydroxylation is 1. The summed E-state index contributed by atoms with van der Waals surface area (Å²) in [6.07, 6.45) is 2.27. The Labute approximate surface area is 193 Å². The molecule has 7 nitrogen and oxygen atoms in total. The summed E-state index contributed by atoms with van der Waals surface area (Å²) < 4.78 is 17.9. The lowest BCUT2D eigenvalue weighted by atomic mass is 10.1. The quantitative estimate of drug-likeness (QED) is 0.391. The van der Waals surface area contributed by atoms with Crippen LogP contribution in [0.3, 0.4) is 0 Å². The van der Waals surface area contributed by atoms with E-state index in [2.05, 4.69) is 5.10 Å². The van der Waals surface area contributed by atoms with Crippen molar-refractivity contribution in [2.24, 2.45) is 0 Å². The molecule has 0 atom stereocenters. The topological polar surface area (TPSA) is 69.7 Å². The molecule has 0 aliphatic rings. The zero-order valence-electron chi connectivity index (χ0n) is 19.2. The second-order valence-electron chi connectivity index (χ2n) is 7.81. The summed E-state index contributed by atoms with van der Waals surface area (Å²) in [5.41, 5.74) is 4.04. The van der Waals surface area contributed by atoms with Gasteiger partial charge in [-0.25, -0.2) is 4.68 Å². The number of methoxy groups -OCH3 is 2. The van der Waals surface area contributed by atoms with Crippen LogP contribution in [-0.2, 0) is 6.42 Å². The summed E-state index contributed by atoms with van der Waals surface area (Å²) in [5, 5.41) is 4.67. The molecule has 4 rings (SSSR count). The number of benzene rings is 2. The first-order chi connectivity index (χ1) is 16.0. The molecule has 2 heterocycles. The second-order valence-corrected chi connectivity index (χ2v) is 7.81. The van der Waals surface area contributed by atoms with Crippen molar-refractivity contribution in [2.45, 2.75) is 13.3 Å². The van der Waals surface area contributed by atoms with Crippen LogP contribution in [-0.4, -0.2) is 48.4 Å². The third kappa shape index (κ3) is 4.77. The number of nitrogens with zero attached hydrogens (tertiary/aromatic N) is 3. The first-order valence-electron chi connectivity index (χ1n) is 10.7. The van der Waals surface area contributed by atoms with Gasteiger partial charge in [-0.3, -0.25) is 4.79 Å². The van der Waals surface area contributed by atoms with Gasteiger partial charge in [0.25, 0.3) is 5.91 Å². The number of furan rings is 1. The van der Waals surface area contributed by atoms with Gasteiger partial charge >= 0.3 is 0 Å². The Morgan fingerprint density at radius 1 is 1.03 bits per heavy atom. The van der Waals surface area contributed by atoms with Crippen molar-refractivity contribution in [3.05, 3.63) is 83.7 Å². The van der Waals surface area contributed by atoms with E-state index in [1.807, 2.05) is 55.5 Å². The largest absolute Gasteiger partial charge is 0.493 e. The van der Waals surface area contributed by atoms with Crippen molar-refractivity contribution in [2.75, 3.05) is 27.8 Å². The number of carbonyl (C=O) groups is 1. The number of likely N-dealkylation sites (N-methyl/N-ethyl adjacent to an activating group) is 1. The highest BCUT2D eigenvalue weighted by Crippen LogP contribution is 2.28. The molecule has 0 radical (unpaired) electrons. The fourth-order valence-electron chi connectivity index (χ4n) is 3.66. The number of hydrogen-bond donors (Lipinski definition) is 0. The lowest BCUT2D eigenvalue weighted by Gasteiger charge is -2.18. The second kappa shape index (κ2) is 9.65. The fourth-order valence-corrected chi connectivity index (χ4v) is 3.66. The van der Waals surface area contributed by atoms with E-state index in [1.165, 1.54) is 0 Å². The SMILES string of the molecule is COc1ccc(CCN(C)C(=O)c2cc(-c3ccco3)nn2-c2cccc(C)c2)cc1OC. The highest BCUT2D eigenvalue weighted by Gasteiger charge is 2.22. The minimum Gasteiger partial charge on any atom is -0.493 e. The van der Waals surface area contributed by atoms with Crippen LogP contribution in [0.1, 0.15) is 21.6 Å². The zero-order valence-corrected chi connectivity index (χ0v) is 19.2. The van der Waals surface area contributed by atoms with Gasteiger partial charge < -0.3 is 18.8 Å². The molecule has 2 aromatic heterocycles. The smallest absolute Gasteiger partial charge is 0.272 e. The Hall–Kier alpha value is -4.00. The molecule has 2 aromatic carbocycles. The van der Waals surface area contributed by atoms with Crippen LogP contribution in [0.15, 0.2) is 71.3 Å². The average Bonchev–Trinajstić information content (AvgIpc) is 3.52. The number of ether oxygens (including phenoxy) is 2. The standard InChI is InChI=1S/C26H27N3O4/c1-18-7-5-8-20(15-18)29-22(17-21(27-29)23-9-6-14-33-23)26(30)28(2)13-12-19-10-11-24(31-3)25(16-19)32-4/h5-11,14-17H,12-13H2,1-4H3. The molecule has 7 heteroatoms. The molecule has 33 heavy (non-hydrogen) atoms. The van der Waals surface area contributed by atoms with Gasteiger partial charge in [0, 0.05) is 19.7 Å². The Balaban J connectivity index is 1.59. The molecule has 0 saturated heterocycles. The predicted octanol–water partition coefficient (Wildman–Crippen LogP) is 4.77. The first kappa shape index (κ1) is 22.2. The van der Waals surface area contributed by atoms with Crippen molar-refractivity contribution in [3.63, 3.8) is 0 Å². The third-order valence-electron chi connectivity index (χ3n) is 5.48. The van der Waals surface area contributed by atoms with Crippen LogP contribution in [0.5, 0.6) is 11.5 Å². The molecule has 0 N–H and O–H groups in total. The number of hydrogen-bond acceptors (Lipinski definition) is 5. The van der Waals surface area contributed by atoms with E-state index in [0.717, 1.165) is 16.8 Å². The van der Waals surface area contributed by atoms with Gasteiger partial charge in [-0.05, 0) is 60.9 Å². The van der Waals surface area contributed by atoms with Crippen LogP contribution in [0.4, 0.5) is 0 Å². The van der Waals surface area contributed by atoms with E-state index in [-0.39, 0.29) is 5.91 Å². The Kier molecular flexibility index (Phi) is 6.49. The van der Waals surface area contributed by atoms with Gasteiger partial charge in [-0.2, -0.15) is 5.10 Å². The summed E-state index contributed by atoms with van der Waals surface area (Å²) in [5.74, 6) is 1.84. The normalized spacial score (nSPS) is 10.8. The van der Waals surface area contributed by atoms with Gasteiger partial charge in [0.1, 0.15) is 11.4 Å². The maximum Gasteiger partial charge on any atom is 0.272 e. The molecular formula is C26H27N3O4. The zero-order chi connectivity index (χ0) is 23.4. The molecule has 4 aromatic rings. The molecular weight excluding hydrogens is 418 g/mol. The number of aromatic nitrogens is 2.